The summed E-state index contributed by atoms with van der Waals surface area (Å²) >= 11 is 1.57. The molecule has 0 atom stereocenters. The zero-order valence-corrected chi connectivity index (χ0v) is 13.4. The Morgan fingerprint density at radius 1 is 1.38 bits per heavy atom. The summed E-state index contributed by atoms with van der Waals surface area (Å²) in [6, 6.07) is 3.65. The maximum atomic E-state index is 12.3. The van der Waals surface area contributed by atoms with Gasteiger partial charge in [-0.05, 0) is 25.5 Å². The number of hydrogen-bond acceptors (Lipinski definition) is 5. The van der Waals surface area contributed by atoms with Gasteiger partial charge in [0.25, 0.3) is 5.91 Å². The lowest BCUT2D eigenvalue weighted by molar-refractivity contribution is 0.0780. The first-order valence-corrected chi connectivity index (χ1v) is 7.84. The topological polar surface area (TPSA) is 58.1 Å². The van der Waals surface area contributed by atoms with Gasteiger partial charge in [-0.25, -0.2) is 9.97 Å². The van der Waals surface area contributed by atoms with E-state index >= 15 is 0 Å². The molecule has 112 valence electrons. The van der Waals surface area contributed by atoms with Gasteiger partial charge in [-0.1, -0.05) is 6.92 Å². The van der Waals surface area contributed by atoms with Crippen LogP contribution >= 0.6 is 11.3 Å². The molecule has 0 aliphatic rings. The van der Waals surface area contributed by atoms with Crippen molar-refractivity contribution in [2.75, 3.05) is 18.9 Å². The Labute approximate surface area is 129 Å². The van der Waals surface area contributed by atoms with Gasteiger partial charge >= 0.3 is 0 Å². The summed E-state index contributed by atoms with van der Waals surface area (Å²) < 4.78 is 0. The zero-order chi connectivity index (χ0) is 15.2. The predicted molar refractivity (Wildman–Crippen MR) is 85.7 cm³/mol. The molecule has 5 nitrogen and oxygen atoms in total. The van der Waals surface area contributed by atoms with Crippen molar-refractivity contribution >= 4 is 22.9 Å². The van der Waals surface area contributed by atoms with E-state index in [1.807, 2.05) is 13.0 Å². The molecule has 2 heterocycles. The van der Waals surface area contributed by atoms with E-state index in [1.165, 1.54) is 0 Å². The minimum absolute atomic E-state index is 0.0789. The molecule has 1 N–H and O–H groups in total. The largest absolute Gasteiger partial charge is 0.384 e. The minimum atomic E-state index is -0.0789. The van der Waals surface area contributed by atoms with Crippen LogP contribution in [0.15, 0.2) is 23.8 Å². The van der Waals surface area contributed by atoms with Crippen LogP contribution in [0.25, 0.3) is 0 Å². The monoisotopic (exact) mass is 304 g/mol. The smallest absolute Gasteiger partial charge is 0.272 e. The van der Waals surface area contributed by atoms with Crippen molar-refractivity contribution in [3.8, 4) is 0 Å². The highest BCUT2D eigenvalue weighted by molar-refractivity contribution is 7.09. The fraction of sp³-hybridized carbons (Fsp3) is 0.400. The normalized spacial score (nSPS) is 10.4. The van der Waals surface area contributed by atoms with Crippen LogP contribution in [0.5, 0.6) is 0 Å². The van der Waals surface area contributed by atoms with Crippen LogP contribution in [-0.2, 0) is 6.54 Å². The molecule has 21 heavy (non-hydrogen) atoms. The standard InChI is InChI=1S/C15H20N4OS/c1-4-7-16-12-5-6-13(17-8-12)15(20)19(3)9-14-11(2)18-10-21-14/h5-6,8,10,16H,4,7,9H2,1-3H3. The number of anilines is 1. The molecule has 2 rings (SSSR count). The number of pyridine rings is 1. The SMILES string of the molecule is CCCNc1ccc(C(=O)N(C)Cc2scnc2C)nc1. The van der Waals surface area contributed by atoms with E-state index in [0.29, 0.717) is 12.2 Å². The number of nitrogens with zero attached hydrogens (tertiary/aromatic N) is 3. The first kappa shape index (κ1) is 15.4. The summed E-state index contributed by atoms with van der Waals surface area (Å²) in [5.74, 6) is -0.0789. The molecule has 0 aliphatic heterocycles. The third-order valence-corrected chi connectivity index (χ3v) is 4.05. The van der Waals surface area contributed by atoms with Crippen molar-refractivity contribution in [3.63, 3.8) is 0 Å². The quantitative estimate of drug-likeness (QED) is 0.891. The highest BCUT2D eigenvalue weighted by atomic mass is 32.1. The van der Waals surface area contributed by atoms with Crippen molar-refractivity contribution in [1.82, 2.24) is 14.9 Å². The Morgan fingerprint density at radius 2 is 2.19 bits per heavy atom. The van der Waals surface area contributed by atoms with E-state index in [-0.39, 0.29) is 5.91 Å². The first-order valence-electron chi connectivity index (χ1n) is 6.96. The average molecular weight is 304 g/mol. The van der Waals surface area contributed by atoms with Gasteiger partial charge in [-0.2, -0.15) is 0 Å². The van der Waals surface area contributed by atoms with Crippen LogP contribution < -0.4 is 5.32 Å². The second kappa shape index (κ2) is 7.17. The van der Waals surface area contributed by atoms with E-state index in [9.17, 15) is 4.79 Å². The first-order chi connectivity index (χ1) is 10.1. The Balaban J connectivity index is 2.00. The van der Waals surface area contributed by atoms with Crippen LogP contribution in [0.4, 0.5) is 5.69 Å². The number of thiazole rings is 1. The summed E-state index contributed by atoms with van der Waals surface area (Å²) in [7, 11) is 1.78. The van der Waals surface area contributed by atoms with E-state index in [1.54, 1.807) is 41.1 Å². The molecule has 0 aliphatic carbocycles. The van der Waals surface area contributed by atoms with Crippen LogP contribution in [-0.4, -0.2) is 34.4 Å². The van der Waals surface area contributed by atoms with Gasteiger partial charge in [0, 0.05) is 18.5 Å². The van der Waals surface area contributed by atoms with Gasteiger partial charge in [0.05, 0.1) is 29.6 Å². The molecule has 1 amide bonds. The molecule has 0 unspecified atom stereocenters. The summed E-state index contributed by atoms with van der Waals surface area (Å²) in [5, 5.41) is 3.24. The average Bonchev–Trinajstić information content (AvgIpc) is 2.90. The summed E-state index contributed by atoms with van der Waals surface area (Å²) in [6.07, 6.45) is 2.76. The van der Waals surface area contributed by atoms with Crippen LogP contribution in [0.2, 0.25) is 0 Å². The lowest BCUT2D eigenvalue weighted by atomic mass is 10.3. The van der Waals surface area contributed by atoms with Gasteiger partial charge < -0.3 is 10.2 Å². The highest BCUT2D eigenvalue weighted by Crippen LogP contribution is 2.15. The van der Waals surface area contributed by atoms with Gasteiger partial charge in [0.1, 0.15) is 5.69 Å². The molecule has 0 fully saturated rings. The molecule has 0 radical (unpaired) electrons. The number of amides is 1. The fourth-order valence-electron chi connectivity index (χ4n) is 1.86. The molecule has 0 saturated carbocycles. The maximum Gasteiger partial charge on any atom is 0.272 e. The van der Waals surface area contributed by atoms with E-state index in [2.05, 4.69) is 22.2 Å². The molecule has 6 heteroatoms. The Hall–Kier alpha value is -1.95. The Morgan fingerprint density at radius 3 is 2.76 bits per heavy atom. The van der Waals surface area contributed by atoms with E-state index in [4.69, 9.17) is 0 Å². The van der Waals surface area contributed by atoms with Gasteiger partial charge in [0.2, 0.25) is 0 Å². The van der Waals surface area contributed by atoms with Crippen molar-refractivity contribution in [2.45, 2.75) is 26.8 Å². The molecule has 2 aromatic rings. The predicted octanol–water partition coefficient (Wildman–Crippen LogP) is 2.94. The number of aromatic nitrogens is 2. The van der Waals surface area contributed by atoms with Crippen molar-refractivity contribution in [3.05, 3.63) is 40.1 Å². The lowest BCUT2D eigenvalue weighted by Crippen LogP contribution is -2.26. The van der Waals surface area contributed by atoms with Crippen LogP contribution in [0.3, 0.4) is 0 Å². The van der Waals surface area contributed by atoms with Crippen molar-refractivity contribution in [2.24, 2.45) is 0 Å². The molecule has 0 aromatic carbocycles. The highest BCUT2D eigenvalue weighted by Gasteiger charge is 2.15. The molecule has 0 bridgehead atoms. The van der Waals surface area contributed by atoms with Gasteiger partial charge in [-0.15, -0.1) is 11.3 Å². The third-order valence-electron chi connectivity index (χ3n) is 3.13. The van der Waals surface area contributed by atoms with Gasteiger partial charge in [0.15, 0.2) is 0 Å². The molecule has 0 saturated heterocycles. The summed E-state index contributed by atoms with van der Waals surface area (Å²) in [4.78, 5) is 23.5. The fourth-order valence-corrected chi connectivity index (χ4v) is 2.68. The Bertz CT molecular complexity index is 594. The molecule has 0 spiro atoms. The minimum Gasteiger partial charge on any atom is -0.384 e. The summed E-state index contributed by atoms with van der Waals surface area (Å²) in [6.45, 7) is 5.53. The summed E-state index contributed by atoms with van der Waals surface area (Å²) in [5.41, 5.74) is 4.18. The molecular weight excluding hydrogens is 284 g/mol. The van der Waals surface area contributed by atoms with E-state index < -0.39 is 0 Å². The number of carbonyl (C=O) groups is 1. The van der Waals surface area contributed by atoms with Crippen LogP contribution in [0.1, 0.15) is 34.4 Å². The second-order valence-electron chi connectivity index (χ2n) is 4.88. The van der Waals surface area contributed by atoms with Crippen LogP contribution in [0, 0.1) is 6.92 Å². The number of rotatable bonds is 6. The number of carbonyl (C=O) groups excluding carboxylic acids is 1. The lowest BCUT2D eigenvalue weighted by Gasteiger charge is -2.16. The van der Waals surface area contributed by atoms with Gasteiger partial charge in [-0.3, -0.25) is 4.79 Å². The number of nitrogens with one attached hydrogen (secondary N) is 1. The second-order valence-corrected chi connectivity index (χ2v) is 5.82. The zero-order valence-electron chi connectivity index (χ0n) is 12.6. The van der Waals surface area contributed by atoms with E-state index in [0.717, 1.165) is 29.2 Å². The van der Waals surface area contributed by atoms with Crippen molar-refractivity contribution < 1.29 is 4.79 Å². The number of aryl methyl sites for hydroxylation is 1. The maximum absolute atomic E-state index is 12.3. The Kier molecular flexibility index (Phi) is 5.27. The third kappa shape index (κ3) is 4.01. The number of hydrogen-bond donors (Lipinski definition) is 1. The van der Waals surface area contributed by atoms with Crippen molar-refractivity contribution in [1.29, 1.82) is 0 Å². The molecule has 2 aromatic heterocycles. The molecular formula is C15H20N4OS.